The number of amides is 1. The highest BCUT2D eigenvalue weighted by Gasteiger charge is 2.34. The van der Waals surface area contributed by atoms with Gasteiger partial charge in [-0.3, -0.25) is 9.52 Å². The quantitative estimate of drug-likeness (QED) is 0.484. The van der Waals surface area contributed by atoms with Crippen molar-refractivity contribution in [3.63, 3.8) is 0 Å². The SMILES string of the molecule is C[C@H]1CN([C@@H](C)CO)C(=O)c2cc(NS(=O)(=O)c3cccs3)ccc2O[C@@H]1CN(C)CC1CCCCC1. The number of anilines is 1. The van der Waals surface area contributed by atoms with Crippen LogP contribution in [0.15, 0.2) is 39.9 Å². The van der Waals surface area contributed by atoms with Crippen molar-refractivity contribution in [1.29, 1.82) is 0 Å². The molecule has 37 heavy (non-hydrogen) atoms. The van der Waals surface area contributed by atoms with Gasteiger partial charge in [0.25, 0.3) is 15.9 Å². The van der Waals surface area contributed by atoms with Crippen molar-refractivity contribution in [2.45, 2.75) is 62.3 Å². The van der Waals surface area contributed by atoms with Crippen molar-refractivity contribution in [3.8, 4) is 5.75 Å². The maximum absolute atomic E-state index is 13.6. The van der Waals surface area contributed by atoms with Crippen LogP contribution in [0.2, 0.25) is 0 Å². The summed E-state index contributed by atoms with van der Waals surface area (Å²) in [6.45, 7) is 5.93. The topological polar surface area (TPSA) is 99.2 Å². The number of aliphatic hydroxyl groups is 1. The fraction of sp³-hybridized carbons (Fsp3) is 0.593. The Kier molecular flexibility index (Phi) is 9.15. The van der Waals surface area contributed by atoms with Gasteiger partial charge in [-0.25, -0.2) is 8.42 Å². The summed E-state index contributed by atoms with van der Waals surface area (Å²) < 4.78 is 34.8. The third-order valence-corrected chi connectivity index (χ3v) is 10.2. The lowest BCUT2D eigenvalue weighted by Crippen LogP contribution is -2.50. The van der Waals surface area contributed by atoms with Crippen LogP contribution in [0.3, 0.4) is 0 Å². The molecule has 10 heteroatoms. The fourth-order valence-corrected chi connectivity index (χ4v) is 7.36. The third kappa shape index (κ3) is 6.85. The van der Waals surface area contributed by atoms with Crippen LogP contribution in [0.4, 0.5) is 5.69 Å². The molecule has 1 fully saturated rings. The number of benzene rings is 1. The number of rotatable bonds is 9. The van der Waals surface area contributed by atoms with E-state index in [1.165, 1.54) is 38.2 Å². The molecule has 1 aromatic heterocycles. The van der Waals surface area contributed by atoms with E-state index in [1.807, 2.05) is 6.92 Å². The Labute approximate surface area is 224 Å². The molecule has 2 aromatic rings. The van der Waals surface area contributed by atoms with E-state index >= 15 is 0 Å². The zero-order valence-corrected chi connectivity index (χ0v) is 23.6. The molecule has 1 aliphatic heterocycles. The maximum atomic E-state index is 13.6. The summed E-state index contributed by atoms with van der Waals surface area (Å²) in [5.74, 6) is 0.898. The molecule has 2 aliphatic rings. The number of hydrogen-bond donors (Lipinski definition) is 2. The van der Waals surface area contributed by atoms with Crippen molar-refractivity contribution in [2.75, 3.05) is 38.0 Å². The number of nitrogens with one attached hydrogen (secondary N) is 1. The van der Waals surface area contributed by atoms with Gasteiger partial charge in [-0.05, 0) is 62.4 Å². The summed E-state index contributed by atoms with van der Waals surface area (Å²) >= 11 is 1.13. The average molecular weight is 550 g/mol. The maximum Gasteiger partial charge on any atom is 0.271 e. The Balaban J connectivity index is 1.60. The zero-order valence-electron chi connectivity index (χ0n) is 21.9. The number of ether oxygens (including phenoxy) is 1. The van der Waals surface area contributed by atoms with E-state index < -0.39 is 10.0 Å². The van der Waals surface area contributed by atoms with Crippen molar-refractivity contribution in [3.05, 3.63) is 41.3 Å². The predicted molar refractivity (Wildman–Crippen MR) is 147 cm³/mol. The second kappa shape index (κ2) is 12.1. The van der Waals surface area contributed by atoms with E-state index in [0.29, 0.717) is 29.5 Å². The number of hydrogen-bond acceptors (Lipinski definition) is 7. The molecule has 0 saturated heterocycles. The fourth-order valence-electron chi connectivity index (χ4n) is 5.32. The molecule has 2 heterocycles. The van der Waals surface area contributed by atoms with E-state index in [1.54, 1.807) is 34.5 Å². The first kappa shape index (κ1) is 27.9. The number of nitrogens with zero attached hydrogens (tertiary/aromatic N) is 2. The van der Waals surface area contributed by atoms with Gasteiger partial charge in [-0.2, -0.15) is 0 Å². The van der Waals surface area contributed by atoms with E-state index in [4.69, 9.17) is 4.74 Å². The Morgan fingerprint density at radius 2 is 1.97 bits per heavy atom. The highest BCUT2D eigenvalue weighted by atomic mass is 32.2. The first-order chi connectivity index (χ1) is 17.7. The van der Waals surface area contributed by atoms with Gasteiger partial charge in [0, 0.05) is 31.2 Å². The predicted octanol–water partition coefficient (Wildman–Crippen LogP) is 4.28. The molecular weight excluding hydrogens is 510 g/mol. The van der Waals surface area contributed by atoms with Crippen molar-refractivity contribution >= 4 is 33.0 Å². The van der Waals surface area contributed by atoms with Gasteiger partial charge in [0.1, 0.15) is 16.1 Å². The first-order valence-corrected chi connectivity index (χ1v) is 15.5. The first-order valence-electron chi connectivity index (χ1n) is 13.2. The molecule has 8 nitrogen and oxygen atoms in total. The van der Waals surface area contributed by atoms with Gasteiger partial charge in [-0.15, -0.1) is 11.3 Å². The summed E-state index contributed by atoms with van der Waals surface area (Å²) in [6.07, 6.45) is 6.32. The van der Waals surface area contributed by atoms with Gasteiger partial charge in [0.2, 0.25) is 0 Å². The van der Waals surface area contributed by atoms with Crippen LogP contribution in [0.1, 0.15) is 56.3 Å². The van der Waals surface area contributed by atoms with E-state index in [-0.39, 0.29) is 34.8 Å². The Bertz CT molecular complexity index is 1150. The normalized spacial score (nSPS) is 22.2. The van der Waals surface area contributed by atoms with Gasteiger partial charge in [-0.1, -0.05) is 32.3 Å². The lowest BCUT2D eigenvalue weighted by Gasteiger charge is -2.38. The molecule has 1 amide bonds. The number of likely N-dealkylation sites (N-methyl/N-ethyl adjacent to an activating group) is 1. The average Bonchev–Trinajstić information content (AvgIpc) is 3.43. The van der Waals surface area contributed by atoms with Gasteiger partial charge >= 0.3 is 0 Å². The largest absolute Gasteiger partial charge is 0.488 e. The second-order valence-electron chi connectivity index (χ2n) is 10.6. The molecule has 1 aromatic carbocycles. The molecule has 0 unspecified atom stereocenters. The number of aliphatic hydroxyl groups excluding tert-OH is 1. The minimum Gasteiger partial charge on any atom is -0.488 e. The van der Waals surface area contributed by atoms with Crippen LogP contribution in [0, 0.1) is 11.8 Å². The molecule has 0 radical (unpaired) electrons. The smallest absolute Gasteiger partial charge is 0.271 e. The summed E-state index contributed by atoms with van der Waals surface area (Å²) in [6, 6.07) is 7.68. The minimum atomic E-state index is -3.76. The van der Waals surface area contributed by atoms with Crippen LogP contribution in [0.5, 0.6) is 5.75 Å². The molecule has 1 saturated carbocycles. The molecule has 3 atom stereocenters. The van der Waals surface area contributed by atoms with Crippen LogP contribution in [-0.2, 0) is 10.0 Å². The molecule has 2 N–H and O–H groups in total. The monoisotopic (exact) mass is 549 g/mol. The molecule has 204 valence electrons. The molecular formula is C27H39N3O5S2. The number of carbonyl (C=O) groups is 1. The number of carbonyl (C=O) groups excluding carboxylic acids is 1. The van der Waals surface area contributed by atoms with Crippen LogP contribution in [0.25, 0.3) is 0 Å². The van der Waals surface area contributed by atoms with Crippen LogP contribution in [-0.4, -0.2) is 74.7 Å². The Morgan fingerprint density at radius 1 is 1.22 bits per heavy atom. The van der Waals surface area contributed by atoms with E-state index in [2.05, 4.69) is 23.6 Å². The molecule has 0 spiro atoms. The van der Waals surface area contributed by atoms with E-state index in [9.17, 15) is 18.3 Å². The van der Waals surface area contributed by atoms with Crippen LogP contribution < -0.4 is 9.46 Å². The molecule has 1 aliphatic carbocycles. The lowest BCUT2D eigenvalue weighted by molar-refractivity contribution is 0.0330. The zero-order chi connectivity index (χ0) is 26.6. The number of thiophene rings is 1. The van der Waals surface area contributed by atoms with Gasteiger partial charge in [0.15, 0.2) is 0 Å². The highest BCUT2D eigenvalue weighted by molar-refractivity contribution is 7.94. The summed E-state index contributed by atoms with van der Waals surface area (Å²) in [7, 11) is -1.63. The van der Waals surface area contributed by atoms with Crippen molar-refractivity contribution in [2.24, 2.45) is 11.8 Å². The Morgan fingerprint density at radius 3 is 2.65 bits per heavy atom. The van der Waals surface area contributed by atoms with Gasteiger partial charge in [0.05, 0.1) is 18.2 Å². The van der Waals surface area contributed by atoms with Crippen molar-refractivity contribution < 1.29 is 23.1 Å². The second-order valence-corrected chi connectivity index (χ2v) is 13.5. The summed E-state index contributed by atoms with van der Waals surface area (Å²) in [4.78, 5) is 17.6. The number of fused-ring (bicyclic) bond motifs is 1. The van der Waals surface area contributed by atoms with E-state index in [0.717, 1.165) is 24.4 Å². The summed E-state index contributed by atoms with van der Waals surface area (Å²) in [5.41, 5.74) is 0.582. The lowest BCUT2D eigenvalue weighted by atomic mass is 9.89. The van der Waals surface area contributed by atoms with Crippen LogP contribution >= 0.6 is 11.3 Å². The Hall–Kier alpha value is -2.14. The molecule has 0 bridgehead atoms. The van der Waals surface area contributed by atoms with Crippen molar-refractivity contribution in [1.82, 2.24) is 9.80 Å². The molecule has 4 rings (SSSR count). The number of sulfonamides is 1. The summed E-state index contributed by atoms with van der Waals surface area (Å²) in [5, 5.41) is 11.6. The third-order valence-electron chi connectivity index (χ3n) is 7.46. The van der Waals surface area contributed by atoms with Gasteiger partial charge < -0.3 is 19.6 Å². The highest BCUT2D eigenvalue weighted by Crippen LogP contribution is 2.32. The standard InChI is InChI=1S/C27H39N3O5S2/c1-19-15-30(20(2)18-31)27(32)23-14-22(28-37(33,34)26-10-7-13-36-26)11-12-24(23)35-25(19)17-29(3)16-21-8-5-4-6-9-21/h7,10-14,19-21,25,28,31H,4-6,8-9,15-18H2,1-3H3/t19-,20-,25+/m0/s1. The minimum absolute atomic E-state index is 0.0388.